The molecular formula is C16H23BO4. The van der Waals surface area contributed by atoms with Crippen molar-refractivity contribution in [2.45, 2.75) is 57.2 Å². The fraction of sp³-hybridized carbons (Fsp3) is 0.625. The average Bonchev–Trinajstić information content (AvgIpc) is 3.08. The van der Waals surface area contributed by atoms with Gasteiger partial charge in [-0.2, -0.15) is 0 Å². The topological polar surface area (TPSA) is 58.9 Å². The standard InChI is InChI=1S/C16H23BO4/c1-12-10-13(17(18)19)4-5-15(12)20-11-14-6-9-16(21-14)7-2-3-8-16/h4-5,10,14,18-19H,2-3,6-9,11H2,1H3. The van der Waals surface area contributed by atoms with Crippen LogP contribution in [0.25, 0.3) is 0 Å². The molecule has 0 amide bonds. The monoisotopic (exact) mass is 290 g/mol. The lowest BCUT2D eigenvalue weighted by Crippen LogP contribution is -2.30. The van der Waals surface area contributed by atoms with E-state index in [1.54, 1.807) is 18.2 Å². The van der Waals surface area contributed by atoms with Gasteiger partial charge < -0.3 is 19.5 Å². The van der Waals surface area contributed by atoms with Crippen molar-refractivity contribution in [3.05, 3.63) is 23.8 Å². The van der Waals surface area contributed by atoms with Crippen LogP contribution in [0.5, 0.6) is 5.75 Å². The summed E-state index contributed by atoms with van der Waals surface area (Å²) in [5, 5.41) is 18.3. The van der Waals surface area contributed by atoms with Crippen LogP contribution in [0.2, 0.25) is 0 Å². The van der Waals surface area contributed by atoms with Crippen LogP contribution in [-0.2, 0) is 4.74 Å². The highest BCUT2D eigenvalue weighted by atomic mass is 16.6. The molecule has 0 bridgehead atoms. The molecule has 1 unspecified atom stereocenters. The highest BCUT2D eigenvalue weighted by Crippen LogP contribution is 2.43. The first kappa shape index (κ1) is 14.9. The minimum absolute atomic E-state index is 0.147. The summed E-state index contributed by atoms with van der Waals surface area (Å²) in [6.45, 7) is 2.48. The average molecular weight is 290 g/mol. The molecule has 1 aromatic carbocycles. The van der Waals surface area contributed by atoms with Gasteiger partial charge in [-0.05, 0) is 49.7 Å². The van der Waals surface area contributed by atoms with E-state index in [1.165, 1.54) is 25.7 Å². The van der Waals surface area contributed by atoms with Crippen molar-refractivity contribution < 1.29 is 19.5 Å². The molecule has 1 aliphatic heterocycles. The molecule has 1 saturated heterocycles. The zero-order chi connectivity index (χ0) is 14.9. The third-order valence-electron chi connectivity index (χ3n) is 4.78. The molecular weight excluding hydrogens is 267 g/mol. The van der Waals surface area contributed by atoms with E-state index in [0.29, 0.717) is 12.1 Å². The van der Waals surface area contributed by atoms with E-state index in [2.05, 4.69) is 0 Å². The summed E-state index contributed by atoms with van der Waals surface area (Å²) in [7, 11) is -1.43. The van der Waals surface area contributed by atoms with Crippen LogP contribution in [0.3, 0.4) is 0 Å². The van der Waals surface area contributed by atoms with Crippen molar-refractivity contribution in [1.29, 1.82) is 0 Å². The summed E-state index contributed by atoms with van der Waals surface area (Å²) >= 11 is 0. The predicted octanol–water partition coefficient (Wildman–Crippen LogP) is 1.55. The lowest BCUT2D eigenvalue weighted by Gasteiger charge is -2.24. The minimum Gasteiger partial charge on any atom is -0.491 e. The van der Waals surface area contributed by atoms with Crippen LogP contribution in [0.15, 0.2) is 18.2 Å². The maximum Gasteiger partial charge on any atom is 0.488 e. The smallest absolute Gasteiger partial charge is 0.488 e. The summed E-state index contributed by atoms with van der Waals surface area (Å²) in [6.07, 6.45) is 7.40. The van der Waals surface area contributed by atoms with Crippen LogP contribution in [0.1, 0.15) is 44.1 Å². The van der Waals surface area contributed by atoms with Gasteiger partial charge in [0.25, 0.3) is 0 Å². The summed E-state index contributed by atoms with van der Waals surface area (Å²) in [6, 6.07) is 5.22. The molecule has 0 aromatic heterocycles. The number of hydrogen-bond donors (Lipinski definition) is 2. The quantitative estimate of drug-likeness (QED) is 0.826. The van der Waals surface area contributed by atoms with Gasteiger partial charge in [-0.15, -0.1) is 0 Å². The van der Waals surface area contributed by atoms with Gasteiger partial charge in [-0.3, -0.25) is 0 Å². The van der Waals surface area contributed by atoms with Crippen molar-refractivity contribution >= 4 is 12.6 Å². The first-order valence-electron chi connectivity index (χ1n) is 7.85. The highest BCUT2D eigenvalue weighted by molar-refractivity contribution is 6.58. The van der Waals surface area contributed by atoms with Crippen LogP contribution in [0.4, 0.5) is 0 Å². The second kappa shape index (κ2) is 5.99. The van der Waals surface area contributed by atoms with E-state index in [0.717, 1.165) is 24.2 Å². The zero-order valence-electron chi connectivity index (χ0n) is 12.5. The van der Waals surface area contributed by atoms with Crippen molar-refractivity contribution in [3.63, 3.8) is 0 Å². The van der Waals surface area contributed by atoms with Gasteiger partial charge in [-0.1, -0.05) is 25.0 Å². The molecule has 4 nitrogen and oxygen atoms in total. The third-order valence-corrected chi connectivity index (χ3v) is 4.78. The van der Waals surface area contributed by atoms with E-state index in [1.807, 2.05) is 6.92 Å². The molecule has 5 heteroatoms. The van der Waals surface area contributed by atoms with Gasteiger partial charge in [-0.25, -0.2) is 0 Å². The van der Waals surface area contributed by atoms with E-state index in [-0.39, 0.29) is 11.7 Å². The molecule has 1 saturated carbocycles. The number of ether oxygens (including phenoxy) is 2. The van der Waals surface area contributed by atoms with Crippen molar-refractivity contribution in [2.24, 2.45) is 0 Å². The molecule has 1 atom stereocenters. The largest absolute Gasteiger partial charge is 0.491 e. The van der Waals surface area contributed by atoms with Crippen LogP contribution >= 0.6 is 0 Å². The second-order valence-corrected chi connectivity index (χ2v) is 6.38. The Kier molecular flexibility index (Phi) is 4.25. The van der Waals surface area contributed by atoms with Crippen molar-refractivity contribution in [1.82, 2.24) is 0 Å². The molecule has 2 fully saturated rings. The number of benzene rings is 1. The summed E-state index contributed by atoms with van der Waals surface area (Å²) in [4.78, 5) is 0. The van der Waals surface area contributed by atoms with E-state index >= 15 is 0 Å². The first-order valence-corrected chi connectivity index (χ1v) is 7.85. The minimum atomic E-state index is -1.43. The Labute approximate surface area is 126 Å². The van der Waals surface area contributed by atoms with Crippen LogP contribution < -0.4 is 10.2 Å². The Hall–Kier alpha value is -1.04. The first-order chi connectivity index (χ1) is 10.1. The maximum absolute atomic E-state index is 9.15. The van der Waals surface area contributed by atoms with Gasteiger partial charge in [0, 0.05) is 0 Å². The predicted molar refractivity (Wildman–Crippen MR) is 81.8 cm³/mol. The number of aryl methyl sites for hydroxylation is 1. The lowest BCUT2D eigenvalue weighted by atomic mass is 9.79. The van der Waals surface area contributed by atoms with Gasteiger partial charge in [0.2, 0.25) is 0 Å². The molecule has 1 spiro atoms. The zero-order valence-corrected chi connectivity index (χ0v) is 12.5. The maximum atomic E-state index is 9.15. The van der Waals surface area contributed by atoms with Gasteiger partial charge in [0.15, 0.2) is 0 Å². The molecule has 0 radical (unpaired) electrons. The van der Waals surface area contributed by atoms with Gasteiger partial charge in [0.1, 0.15) is 12.4 Å². The molecule has 3 rings (SSSR count). The fourth-order valence-electron chi connectivity index (χ4n) is 3.58. The second-order valence-electron chi connectivity index (χ2n) is 6.38. The fourth-order valence-corrected chi connectivity index (χ4v) is 3.58. The lowest BCUT2D eigenvalue weighted by molar-refractivity contribution is -0.0509. The SMILES string of the molecule is Cc1cc(B(O)O)ccc1OCC1CCC2(CCCC2)O1. The molecule has 2 aliphatic rings. The Morgan fingerprint density at radius 1 is 1.29 bits per heavy atom. The molecule has 21 heavy (non-hydrogen) atoms. The van der Waals surface area contributed by atoms with Crippen LogP contribution in [0, 0.1) is 6.92 Å². The summed E-state index contributed by atoms with van der Waals surface area (Å²) in [5.74, 6) is 0.787. The summed E-state index contributed by atoms with van der Waals surface area (Å²) < 4.78 is 12.1. The Balaban J connectivity index is 1.56. The summed E-state index contributed by atoms with van der Waals surface area (Å²) in [5.41, 5.74) is 1.55. The van der Waals surface area contributed by atoms with E-state index in [4.69, 9.17) is 19.5 Å². The molecule has 1 aromatic rings. The van der Waals surface area contributed by atoms with Crippen LogP contribution in [-0.4, -0.2) is 35.5 Å². The van der Waals surface area contributed by atoms with E-state index in [9.17, 15) is 0 Å². The normalized spacial score (nSPS) is 23.7. The van der Waals surface area contributed by atoms with Gasteiger partial charge >= 0.3 is 7.12 Å². The molecule has 1 heterocycles. The number of hydrogen-bond acceptors (Lipinski definition) is 4. The Morgan fingerprint density at radius 3 is 2.71 bits per heavy atom. The Bertz CT molecular complexity index is 497. The number of rotatable bonds is 4. The highest BCUT2D eigenvalue weighted by Gasteiger charge is 2.42. The Morgan fingerprint density at radius 2 is 2.05 bits per heavy atom. The molecule has 2 N–H and O–H groups in total. The van der Waals surface area contributed by atoms with E-state index < -0.39 is 7.12 Å². The molecule has 114 valence electrons. The van der Waals surface area contributed by atoms with Crippen molar-refractivity contribution in [2.75, 3.05) is 6.61 Å². The molecule has 1 aliphatic carbocycles. The van der Waals surface area contributed by atoms with Crippen molar-refractivity contribution in [3.8, 4) is 5.75 Å². The third kappa shape index (κ3) is 3.25. The van der Waals surface area contributed by atoms with Gasteiger partial charge in [0.05, 0.1) is 11.7 Å².